The van der Waals surface area contributed by atoms with Gasteiger partial charge in [-0.15, -0.1) is 0 Å². The Kier molecular flexibility index (Phi) is 3.04. The zero-order chi connectivity index (χ0) is 13.3. The predicted octanol–water partition coefficient (Wildman–Crippen LogP) is 2.41. The molecule has 2 rings (SSSR count). The lowest BCUT2D eigenvalue weighted by Gasteiger charge is -2.07. The highest BCUT2D eigenvalue weighted by molar-refractivity contribution is 6.30. The molecule has 0 bridgehead atoms. The summed E-state index contributed by atoms with van der Waals surface area (Å²) in [4.78, 5) is 13.3. The van der Waals surface area contributed by atoms with E-state index in [9.17, 15) is 14.3 Å². The largest absolute Gasteiger partial charge is 0.494 e. The van der Waals surface area contributed by atoms with E-state index in [1.807, 2.05) is 0 Å². The summed E-state index contributed by atoms with van der Waals surface area (Å²) < 4.78 is 13.7. The average Bonchev–Trinajstić information content (AvgIpc) is 2.31. The van der Waals surface area contributed by atoms with Crippen molar-refractivity contribution in [2.75, 3.05) is 0 Å². The Balaban J connectivity index is 2.83. The first-order valence-corrected chi connectivity index (χ1v) is 5.22. The standard InChI is InChI=1S/C12H6ClFN2O2/c13-6-1-2-10(14)8(3-6)7-4-11(17)16-12(18)9(7)5-15/h1-4H,(H2,16,17,18). The summed E-state index contributed by atoms with van der Waals surface area (Å²) in [6.07, 6.45) is 0. The molecule has 1 aromatic heterocycles. The number of aromatic amines is 1. The van der Waals surface area contributed by atoms with E-state index in [1.165, 1.54) is 12.1 Å². The molecule has 0 saturated carbocycles. The molecule has 1 aromatic carbocycles. The van der Waals surface area contributed by atoms with Gasteiger partial charge in [0, 0.05) is 22.2 Å². The molecule has 6 heteroatoms. The number of nitrogens with one attached hydrogen (secondary N) is 1. The number of aromatic hydroxyl groups is 1. The highest BCUT2D eigenvalue weighted by atomic mass is 35.5. The van der Waals surface area contributed by atoms with Crippen LogP contribution in [0.4, 0.5) is 4.39 Å². The van der Waals surface area contributed by atoms with Crippen LogP contribution in [0.1, 0.15) is 5.56 Å². The quantitative estimate of drug-likeness (QED) is 0.830. The summed E-state index contributed by atoms with van der Waals surface area (Å²) in [5, 5.41) is 18.6. The lowest BCUT2D eigenvalue weighted by molar-refractivity contribution is 0.450. The van der Waals surface area contributed by atoms with Crippen LogP contribution in [0.15, 0.2) is 29.1 Å². The minimum Gasteiger partial charge on any atom is -0.494 e. The first-order valence-electron chi connectivity index (χ1n) is 4.84. The molecular weight excluding hydrogens is 259 g/mol. The van der Waals surface area contributed by atoms with E-state index in [0.29, 0.717) is 0 Å². The lowest BCUT2D eigenvalue weighted by atomic mass is 10.0. The Bertz CT molecular complexity index is 719. The normalized spacial score (nSPS) is 10.1. The second kappa shape index (κ2) is 4.51. The van der Waals surface area contributed by atoms with Gasteiger partial charge in [0.2, 0.25) is 5.88 Å². The van der Waals surface area contributed by atoms with Crippen LogP contribution in [-0.4, -0.2) is 10.1 Å². The highest BCUT2D eigenvalue weighted by Gasteiger charge is 2.15. The number of hydrogen-bond donors (Lipinski definition) is 2. The Hall–Kier alpha value is -2.32. The van der Waals surface area contributed by atoms with E-state index in [4.69, 9.17) is 16.9 Å². The van der Waals surface area contributed by atoms with Crippen molar-refractivity contribution >= 4 is 11.6 Å². The van der Waals surface area contributed by atoms with Crippen LogP contribution in [0.5, 0.6) is 5.88 Å². The van der Waals surface area contributed by atoms with Crippen LogP contribution in [0, 0.1) is 17.1 Å². The van der Waals surface area contributed by atoms with E-state index < -0.39 is 17.3 Å². The number of pyridine rings is 1. The minimum atomic E-state index is -0.638. The van der Waals surface area contributed by atoms with E-state index in [0.717, 1.165) is 12.1 Å². The van der Waals surface area contributed by atoms with Crippen molar-refractivity contribution in [1.82, 2.24) is 4.98 Å². The Morgan fingerprint density at radius 2 is 2.06 bits per heavy atom. The molecular formula is C12H6ClFN2O2. The molecule has 0 spiro atoms. The zero-order valence-corrected chi connectivity index (χ0v) is 9.62. The number of hydrogen-bond acceptors (Lipinski definition) is 3. The molecule has 1 heterocycles. The fourth-order valence-corrected chi connectivity index (χ4v) is 1.75. The number of aromatic nitrogens is 1. The van der Waals surface area contributed by atoms with Crippen molar-refractivity contribution in [2.24, 2.45) is 0 Å². The maximum atomic E-state index is 13.7. The van der Waals surface area contributed by atoms with E-state index >= 15 is 0 Å². The van der Waals surface area contributed by atoms with Gasteiger partial charge in [-0.3, -0.25) is 9.78 Å². The second-order valence-corrected chi connectivity index (χ2v) is 3.94. The van der Waals surface area contributed by atoms with Gasteiger partial charge in [-0.05, 0) is 18.2 Å². The third-order valence-corrected chi connectivity index (χ3v) is 2.59. The van der Waals surface area contributed by atoms with Crippen LogP contribution >= 0.6 is 11.6 Å². The van der Waals surface area contributed by atoms with Crippen LogP contribution < -0.4 is 5.56 Å². The third kappa shape index (κ3) is 2.06. The van der Waals surface area contributed by atoms with Gasteiger partial charge in [-0.1, -0.05) is 11.6 Å². The molecule has 2 N–H and O–H groups in total. The molecule has 0 saturated heterocycles. The van der Waals surface area contributed by atoms with E-state index in [2.05, 4.69) is 4.98 Å². The number of nitrogens with zero attached hydrogens (tertiary/aromatic N) is 1. The SMILES string of the molecule is N#Cc1c(-c2cc(Cl)ccc2F)cc(=O)[nH]c1O. The van der Waals surface area contributed by atoms with Gasteiger partial charge in [0.25, 0.3) is 5.56 Å². The number of nitriles is 1. The van der Waals surface area contributed by atoms with Gasteiger partial charge in [-0.2, -0.15) is 5.26 Å². The van der Waals surface area contributed by atoms with Gasteiger partial charge in [0.15, 0.2) is 0 Å². The van der Waals surface area contributed by atoms with Gasteiger partial charge < -0.3 is 5.11 Å². The molecule has 0 unspecified atom stereocenters. The number of H-pyrrole nitrogens is 1. The van der Waals surface area contributed by atoms with Crippen LogP contribution in [0.2, 0.25) is 5.02 Å². The molecule has 18 heavy (non-hydrogen) atoms. The lowest BCUT2D eigenvalue weighted by Crippen LogP contribution is -2.06. The van der Waals surface area contributed by atoms with Crippen molar-refractivity contribution in [3.05, 3.63) is 51.0 Å². The summed E-state index contributed by atoms with van der Waals surface area (Å²) in [5.41, 5.74) is -0.865. The fraction of sp³-hybridized carbons (Fsp3) is 0. The van der Waals surface area contributed by atoms with Gasteiger partial charge in [0.1, 0.15) is 17.4 Å². The third-order valence-electron chi connectivity index (χ3n) is 2.35. The summed E-state index contributed by atoms with van der Waals surface area (Å²) in [6.45, 7) is 0. The van der Waals surface area contributed by atoms with Crippen LogP contribution in [-0.2, 0) is 0 Å². The molecule has 0 fully saturated rings. The van der Waals surface area contributed by atoms with E-state index in [1.54, 1.807) is 6.07 Å². The highest BCUT2D eigenvalue weighted by Crippen LogP contribution is 2.30. The van der Waals surface area contributed by atoms with Gasteiger partial charge in [0.05, 0.1) is 0 Å². The number of benzene rings is 1. The van der Waals surface area contributed by atoms with Crippen molar-refractivity contribution in [3.8, 4) is 23.1 Å². The Morgan fingerprint density at radius 1 is 1.33 bits per heavy atom. The smallest absolute Gasteiger partial charge is 0.251 e. The summed E-state index contributed by atoms with van der Waals surface area (Å²) in [6, 6.07) is 6.49. The molecule has 2 aromatic rings. The molecule has 0 aliphatic rings. The number of halogens is 2. The van der Waals surface area contributed by atoms with Crippen molar-refractivity contribution < 1.29 is 9.50 Å². The summed E-state index contributed by atoms with van der Waals surface area (Å²) in [7, 11) is 0. The van der Waals surface area contributed by atoms with Crippen molar-refractivity contribution in [3.63, 3.8) is 0 Å². The first-order chi connectivity index (χ1) is 8.52. The molecule has 0 atom stereocenters. The van der Waals surface area contributed by atoms with Crippen molar-refractivity contribution in [1.29, 1.82) is 5.26 Å². The molecule has 0 amide bonds. The van der Waals surface area contributed by atoms with Gasteiger partial charge >= 0.3 is 0 Å². The summed E-state index contributed by atoms with van der Waals surface area (Å²) in [5.74, 6) is -1.24. The predicted molar refractivity (Wildman–Crippen MR) is 63.8 cm³/mol. The van der Waals surface area contributed by atoms with Crippen LogP contribution in [0.3, 0.4) is 0 Å². The molecule has 0 radical (unpaired) electrons. The van der Waals surface area contributed by atoms with E-state index in [-0.39, 0.29) is 21.7 Å². The summed E-state index contributed by atoms with van der Waals surface area (Å²) >= 11 is 5.74. The minimum absolute atomic E-state index is 0.00116. The van der Waals surface area contributed by atoms with Crippen molar-refractivity contribution in [2.45, 2.75) is 0 Å². The Morgan fingerprint density at radius 3 is 2.72 bits per heavy atom. The maximum Gasteiger partial charge on any atom is 0.251 e. The molecule has 90 valence electrons. The number of rotatable bonds is 1. The maximum absolute atomic E-state index is 13.7. The zero-order valence-electron chi connectivity index (χ0n) is 8.87. The van der Waals surface area contributed by atoms with Gasteiger partial charge in [-0.25, -0.2) is 4.39 Å². The average molecular weight is 265 g/mol. The second-order valence-electron chi connectivity index (χ2n) is 3.51. The topological polar surface area (TPSA) is 76.9 Å². The molecule has 0 aliphatic heterocycles. The monoisotopic (exact) mass is 264 g/mol. The molecule has 0 aliphatic carbocycles. The first kappa shape index (κ1) is 12.1. The fourth-order valence-electron chi connectivity index (χ4n) is 1.58. The van der Waals surface area contributed by atoms with Crippen LogP contribution in [0.25, 0.3) is 11.1 Å². The Labute approximate surface area is 106 Å². The molecule has 4 nitrogen and oxygen atoms in total.